The summed E-state index contributed by atoms with van der Waals surface area (Å²) in [6, 6.07) is 6.86. The van der Waals surface area contributed by atoms with Crippen LogP contribution in [0.15, 0.2) is 34.9 Å². The maximum Gasteiger partial charge on any atom is 0.132 e. The Morgan fingerprint density at radius 3 is 2.70 bits per heavy atom. The van der Waals surface area contributed by atoms with Gasteiger partial charge in [0.25, 0.3) is 0 Å². The number of halogens is 2. The van der Waals surface area contributed by atoms with Crippen LogP contribution in [0, 0.1) is 5.82 Å². The normalized spacial score (nSPS) is 11.1. The quantitative estimate of drug-likeness (QED) is 0.760. The topological polar surface area (TPSA) is 27.1 Å². The Balaban J connectivity index is 2.00. The number of aromatic nitrogens is 2. The van der Waals surface area contributed by atoms with Crippen molar-refractivity contribution in [3.05, 3.63) is 46.4 Å². The van der Waals surface area contributed by atoms with Gasteiger partial charge in [0.15, 0.2) is 0 Å². The second-order valence-electron chi connectivity index (χ2n) is 4.65. The number of benzene rings is 1. The van der Waals surface area contributed by atoms with Crippen LogP contribution < -0.4 is 4.74 Å². The monoisotopic (exact) mass is 340 g/mol. The van der Waals surface area contributed by atoms with E-state index in [-0.39, 0.29) is 5.82 Å². The molecule has 0 amide bonds. The van der Waals surface area contributed by atoms with Crippen LogP contribution in [0.2, 0.25) is 0 Å². The van der Waals surface area contributed by atoms with Crippen molar-refractivity contribution in [2.75, 3.05) is 0 Å². The first kappa shape index (κ1) is 15.0. The standard InChI is InChI=1S/C15H18BrFN2O/c1-3-14(4-2)19-6-5-13(18-19)10-20-15-8-11(16)7-12(17)9-15/h5-9,14H,3-4,10H2,1-2H3. The lowest BCUT2D eigenvalue weighted by Gasteiger charge is -2.12. The molecule has 0 fully saturated rings. The molecule has 0 aliphatic carbocycles. The highest BCUT2D eigenvalue weighted by Gasteiger charge is 2.08. The van der Waals surface area contributed by atoms with Crippen molar-refractivity contribution in [2.45, 2.75) is 39.3 Å². The predicted molar refractivity (Wildman–Crippen MR) is 80.3 cm³/mol. The van der Waals surface area contributed by atoms with Crippen LogP contribution in [0.5, 0.6) is 5.75 Å². The van der Waals surface area contributed by atoms with Gasteiger partial charge in [-0.15, -0.1) is 0 Å². The largest absolute Gasteiger partial charge is 0.487 e. The summed E-state index contributed by atoms with van der Waals surface area (Å²) in [7, 11) is 0. The molecule has 0 saturated heterocycles. The van der Waals surface area contributed by atoms with Crippen molar-refractivity contribution in [3.63, 3.8) is 0 Å². The minimum Gasteiger partial charge on any atom is -0.487 e. The summed E-state index contributed by atoms with van der Waals surface area (Å²) in [5, 5.41) is 4.50. The van der Waals surface area contributed by atoms with Crippen LogP contribution in [-0.2, 0) is 6.61 Å². The van der Waals surface area contributed by atoms with Crippen LogP contribution >= 0.6 is 15.9 Å². The summed E-state index contributed by atoms with van der Waals surface area (Å²) in [4.78, 5) is 0. The Morgan fingerprint density at radius 1 is 1.30 bits per heavy atom. The Labute approximate surface area is 126 Å². The third-order valence-electron chi connectivity index (χ3n) is 3.20. The number of rotatable bonds is 6. The SMILES string of the molecule is CCC(CC)n1ccc(COc2cc(F)cc(Br)c2)n1. The van der Waals surface area contributed by atoms with Gasteiger partial charge in [-0.1, -0.05) is 29.8 Å². The first-order chi connectivity index (χ1) is 9.62. The highest BCUT2D eigenvalue weighted by Crippen LogP contribution is 2.21. The molecular weight excluding hydrogens is 323 g/mol. The molecule has 3 nitrogen and oxygen atoms in total. The minimum atomic E-state index is -0.322. The molecule has 2 rings (SSSR count). The van der Waals surface area contributed by atoms with Gasteiger partial charge in [-0.2, -0.15) is 5.10 Å². The van der Waals surface area contributed by atoms with E-state index >= 15 is 0 Å². The molecule has 2 aromatic rings. The van der Waals surface area contributed by atoms with Crippen LogP contribution in [0.1, 0.15) is 38.4 Å². The molecule has 0 spiro atoms. The smallest absolute Gasteiger partial charge is 0.132 e. The maximum absolute atomic E-state index is 13.2. The molecule has 20 heavy (non-hydrogen) atoms. The Kier molecular flexibility index (Phi) is 5.17. The highest BCUT2D eigenvalue weighted by atomic mass is 79.9. The molecule has 0 aliphatic rings. The molecule has 0 radical (unpaired) electrons. The Morgan fingerprint density at radius 2 is 2.05 bits per heavy atom. The van der Waals surface area contributed by atoms with Crippen LogP contribution in [0.25, 0.3) is 0 Å². The van der Waals surface area contributed by atoms with Crippen molar-refractivity contribution < 1.29 is 9.13 Å². The molecule has 0 N–H and O–H groups in total. The fraction of sp³-hybridized carbons (Fsp3) is 0.400. The summed E-state index contributed by atoms with van der Waals surface area (Å²) in [5.74, 6) is 0.172. The van der Waals surface area contributed by atoms with E-state index in [1.807, 2.05) is 16.9 Å². The third-order valence-corrected chi connectivity index (χ3v) is 3.66. The summed E-state index contributed by atoms with van der Waals surface area (Å²) < 4.78 is 21.4. The predicted octanol–water partition coefficient (Wildman–Crippen LogP) is 4.72. The fourth-order valence-corrected chi connectivity index (χ4v) is 2.53. The highest BCUT2D eigenvalue weighted by molar-refractivity contribution is 9.10. The molecule has 0 unspecified atom stereocenters. The van der Waals surface area contributed by atoms with E-state index in [1.54, 1.807) is 6.07 Å². The van der Waals surface area contributed by atoms with Gasteiger partial charge in [0.2, 0.25) is 0 Å². The van der Waals surface area contributed by atoms with Gasteiger partial charge >= 0.3 is 0 Å². The molecule has 108 valence electrons. The van der Waals surface area contributed by atoms with Gasteiger partial charge < -0.3 is 4.74 Å². The van der Waals surface area contributed by atoms with E-state index in [4.69, 9.17) is 4.74 Å². The Bertz CT molecular complexity index is 547. The molecule has 1 aromatic heterocycles. The summed E-state index contributed by atoms with van der Waals surface area (Å²) in [6.07, 6.45) is 4.07. The first-order valence-electron chi connectivity index (χ1n) is 6.75. The minimum absolute atomic E-state index is 0.322. The Hall–Kier alpha value is -1.36. The van der Waals surface area contributed by atoms with Crippen molar-refractivity contribution in [1.82, 2.24) is 9.78 Å². The van der Waals surface area contributed by atoms with Crippen molar-refractivity contribution in [1.29, 1.82) is 0 Å². The molecule has 1 heterocycles. The van der Waals surface area contributed by atoms with Gasteiger partial charge in [0.1, 0.15) is 18.2 Å². The zero-order chi connectivity index (χ0) is 14.5. The van der Waals surface area contributed by atoms with Gasteiger partial charge in [0.05, 0.1) is 11.7 Å². The first-order valence-corrected chi connectivity index (χ1v) is 7.54. The molecular formula is C15H18BrFN2O. The lowest BCUT2D eigenvalue weighted by atomic mass is 10.2. The van der Waals surface area contributed by atoms with E-state index in [0.717, 1.165) is 18.5 Å². The van der Waals surface area contributed by atoms with Gasteiger partial charge in [-0.25, -0.2) is 4.39 Å². The van der Waals surface area contributed by atoms with Gasteiger partial charge in [-0.3, -0.25) is 4.68 Å². The zero-order valence-electron chi connectivity index (χ0n) is 11.6. The second kappa shape index (κ2) is 6.88. The number of nitrogens with zero attached hydrogens (tertiary/aromatic N) is 2. The van der Waals surface area contributed by atoms with Gasteiger partial charge in [-0.05, 0) is 31.0 Å². The fourth-order valence-electron chi connectivity index (χ4n) is 2.09. The molecule has 5 heteroatoms. The summed E-state index contributed by atoms with van der Waals surface area (Å²) >= 11 is 3.24. The average Bonchev–Trinajstić information content (AvgIpc) is 2.86. The van der Waals surface area contributed by atoms with E-state index < -0.39 is 0 Å². The van der Waals surface area contributed by atoms with E-state index in [2.05, 4.69) is 34.9 Å². The molecule has 1 aromatic carbocycles. The molecule has 0 atom stereocenters. The lowest BCUT2D eigenvalue weighted by molar-refractivity contribution is 0.295. The summed E-state index contributed by atoms with van der Waals surface area (Å²) in [5.41, 5.74) is 0.845. The van der Waals surface area contributed by atoms with E-state index in [0.29, 0.717) is 22.9 Å². The zero-order valence-corrected chi connectivity index (χ0v) is 13.2. The van der Waals surface area contributed by atoms with Crippen LogP contribution in [0.3, 0.4) is 0 Å². The average molecular weight is 341 g/mol. The van der Waals surface area contributed by atoms with Crippen molar-refractivity contribution in [2.24, 2.45) is 0 Å². The molecule has 0 bridgehead atoms. The van der Waals surface area contributed by atoms with E-state index in [9.17, 15) is 4.39 Å². The van der Waals surface area contributed by atoms with Crippen molar-refractivity contribution in [3.8, 4) is 5.75 Å². The number of hydrogen-bond acceptors (Lipinski definition) is 2. The molecule has 0 aliphatic heterocycles. The number of hydrogen-bond donors (Lipinski definition) is 0. The third kappa shape index (κ3) is 3.82. The molecule has 0 saturated carbocycles. The van der Waals surface area contributed by atoms with E-state index in [1.165, 1.54) is 12.1 Å². The summed E-state index contributed by atoms with van der Waals surface area (Å²) in [6.45, 7) is 4.63. The van der Waals surface area contributed by atoms with Crippen molar-refractivity contribution >= 4 is 15.9 Å². The lowest BCUT2D eigenvalue weighted by Crippen LogP contribution is -2.08. The van der Waals surface area contributed by atoms with Gasteiger partial charge in [0, 0.05) is 16.7 Å². The van der Waals surface area contributed by atoms with Crippen LogP contribution in [-0.4, -0.2) is 9.78 Å². The number of ether oxygens (including phenoxy) is 1. The maximum atomic E-state index is 13.2. The second-order valence-corrected chi connectivity index (χ2v) is 5.57. The van der Waals surface area contributed by atoms with Crippen LogP contribution in [0.4, 0.5) is 4.39 Å².